The number of carbonyl (C=O) groups is 1. The maximum absolute atomic E-state index is 12.7. The molecule has 0 saturated carbocycles. The standard InChI is InChI=1S/C15H11Cl2F3N6O3/c1-24-11-9(12(28)25(2)14(24)29)26(13(17)23-11)5-8(27)22-10-7(16)3-6(4-21-10)15(18,19)20/h3-4H,5H2,1-2H3,(H,21,22,27). The average Bonchev–Trinajstić information content (AvgIpc) is 2.95. The molecule has 0 bridgehead atoms. The van der Waals surface area contributed by atoms with Gasteiger partial charge in [-0.05, 0) is 17.7 Å². The highest BCUT2D eigenvalue weighted by Crippen LogP contribution is 2.32. The minimum absolute atomic E-state index is 0.0263. The van der Waals surface area contributed by atoms with Crippen molar-refractivity contribution < 1.29 is 18.0 Å². The SMILES string of the molecule is Cn1c(=O)c2c(nc(Cl)n2CC(=O)Nc2ncc(C(F)(F)F)cc2Cl)n(C)c1=O. The third-order valence-corrected chi connectivity index (χ3v) is 4.61. The lowest BCUT2D eigenvalue weighted by Gasteiger charge is -2.11. The highest BCUT2D eigenvalue weighted by molar-refractivity contribution is 6.33. The van der Waals surface area contributed by atoms with E-state index in [1.807, 2.05) is 0 Å². The van der Waals surface area contributed by atoms with Crippen LogP contribution in [0, 0.1) is 0 Å². The van der Waals surface area contributed by atoms with E-state index in [4.69, 9.17) is 23.2 Å². The van der Waals surface area contributed by atoms with E-state index in [1.165, 1.54) is 14.1 Å². The molecular formula is C15H11Cl2F3N6O3. The zero-order chi connectivity index (χ0) is 21.7. The Morgan fingerprint density at radius 2 is 1.86 bits per heavy atom. The fourth-order valence-corrected chi connectivity index (χ4v) is 3.00. The quantitative estimate of drug-likeness (QED) is 0.612. The first kappa shape index (κ1) is 20.9. The fourth-order valence-electron chi connectivity index (χ4n) is 2.56. The van der Waals surface area contributed by atoms with Gasteiger partial charge < -0.3 is 5.32 Å². The van der Waals surface area contributed by atoms with Crippen molar-refractivity contribution in [2.75, 3.05) is 5.32 Å². The molecular weight excluding hydrogens is 440 g/mol. The van der Waals surface area contributed by atoms with Gasteiger partial charge in [-0.3, -0.25) is 23.3 Å². The number of nitrogens with zero attached hydrogens (tertiary/aromatic N) is 5. The molecule has 0 saturated heterocycles. The summed E-state index contributed by atoms with van der Waals surface area (Å²) < 4.78 is 41.0. The largest absolute Gasteiger partial charge is 0.417 e. The molecule has 14 heteroatoms. The van der Waals surface area contributed by atoms with Gasteiger partial charge in [0.15, 0.2) is 17.0 Å². The average molecular weight is 451 g/mol. The Morgan fingerprint density at radius 1 is 1.21 bits per heavy atom. The predicted octanol–water partition coefficient (Wildman–Crippen LogP) is 1.79. The normalized spacial score (nSPS) is 11.8. The first-order chi connectivity index (χ1) is 13.4. The van der Waals surface area contributed by atoms with E-state index in [9.17, 15) is 27.6 Å². The third kappa shape index (κ3) is 3.72. The maximum atomic E-state index is 12.7. The van der Waals surface area contributed by atoms with Crippen molar-refractivity contribution in [3.8, 4) is 0 Å². The van der Waals surface area contributed by atoms with Gasteiger partial charge in [0.25, 0.3) is 5.56 Å². The number of hydrogen-bond acceptors (Lipinski definition) is 5. The van der Waals surface area contributed by atoms with Crippen molar-refractivity contribution >= 4 is 46.1 Å². The molecule has 0 spiro atoms. The van der Waals surface area contributed by atoms with Gasteiger partial charge in [-0.2, -0.15) is 18.2 Å². The van der Waals surface area contributed by atoms with E-state index >= 15 is 0 Å². The second-order valence-electron chi connectivity index (χ2n) is 5.95. The first-order valence-electron chi connectivity index (χ1n) is 7.76. The highest BCUT2D eigenvalue weighted by atomic mass is 35.5. The Morgan fingerprint density at radius 3 is 2.45 bits per heavy atom. The van der Waals surface area contributed by atoms with Gasteiger partial charge in [0, 0.05) is 20.3 Å². The number of amides is 1. The molecule has 3 aromatic rings. The molecule has 29 heavy (non-hydrogen) atoms. The summed E-state index contributed by atoms with van der Waals surface area (Å²) in [5.74, 6) is -1.08. The molecule has 0 atom stereocenters. The number of rotatable bonds is 3. The smallest absolute Gasteiger partial charge is 0.308 e. The van der Waals surface area contributed by atoms with E-state index < -0.39 is 40.5 Å². The van der Waals surface area contributed by atoms with Crippen molar-refractivity contribution in [1.29, 1.82) is 0 Å². The Balaban J connectivity index is 1.95. The lowest BCUT2D eigenvalue weighted by atomic mass is 10.3. The van der Waals surface area contributed by atoms with Crippen LogP contribution in [0.15, 0.2) is 21.9 Å². The number of carbonyl (C=O) groups excluding carboxylic acids is 1. The molecule has 0 aliphatic heterocycles. The molecule has 3 aromatic heterocycles. The molecule has 3 rings (SSSR count). The summed E-state index contributed by atoms with van der Waals surface area (Å²) in [4.78, 5) is 44.2. The lowest BCUT2D eigenvalue weighted by molar-refractivity contribution is -0.137. The summed E-state index contributed by atoms with van der Waals surface area (Å²) in [5, 5.41) is 1.59. The van der Waals surface area contributed by atoms with E-state index in [2.05, 4.69) is 15.3 Å². The number of aromatic nitrogens is 5. The number of halogens is 5. The number of anilines is 1. The van der Waals surface area contributed by atoms with Crippen LogP contribution < -0.4 is 16.6 Å². The van der Waals surface area contributed by atoms with Gasteiger partial charge in [-0.15, -0.1) is 0 Å². The van der Waals surface area contributed by atoms with Crippen LogP contribution in [0.5, 0.6) is 0 Å². The number of pyridine rings is 1. The van der Waals surface area contributed by atoms with Gasteiger partial charge in [0.05, 0.1) is 10.6 Å². The van der Waals surface area contributed by atoms with Crippen LogP contribution in [0.3, 0.4) is 0 Å². The Hall–Kier alpha value is -2.86. The van der Waals surface area contributed by atoms with E-state index in [0.717, 1.165) is 13.7 Å². The number of aryl methyl sites for hydroxylation is 1. The fraction of sp³-hybridized carbons (Fsp3) is 0.267. The summed E-state index contributed by atoms with van der Waals surface area (Å²) in [6, 6.07) is 0.620. The molecule has 0 aliphatic carbocycles. The summed E-state index contributed by atoms with van der Waals surface area (Å²) in [6.07, 6.45) is -4.12. The number of hydrogen-bond donors (Lipinski definition) is 1. The third-order valence-electron chi connectivity index (χ3n) is 4.03. The van der Waals surface area contributed by atoms with Crippen LogP contribution in [0.2, 0.25) is 10.3 Å². The summed E-state index contributed by atoms with van der Waals surface area (Å²) in [5.41, 5.74) is -2.55. The van der Waals surface area contributed by atoms with Crippen LogP contribution in [-0.2, 0) is 31.6 Å². The molecule has 9 nitrogen and oxygen atoms in total. The summed E-state index contributed by atoms with van der Waals surface area (Å²) >= 11 is 11.8. The second-order valence-corrected chi connectivity index (χ2v) is 6.69. The topological polar surface area (TPSA) is 104 Å². The lowest BCUT2D eigenvalue weighted by Crippen LogP contribution is -2.37. The van der Waals surface area contributed by atoms with Crippen LogP contribution in [-0.4, -0.2) is 29.6 Å². The van der Waals surface area contributed by atoms with E-state index in [0.29, 0.717) is 12.3 Å². The minimum atomic E-state index is -4.64. The summed E-state index contributed by atoms with van der Waals surface area (Å²) in [6.45, 7) is -0.526. The molecule has 0 fully saturated rings. The Bertz CT molecular complexity index is 1260. The van der Waals surface area contributed by atoms with Crippen LogP contribution in [0.1, 0.15) is 5.56 Å². The van der Waals surface area contributed by atoms with Gasteiger partial charge in [0.1, 0.15) is 6.54 Å². The molecule has 154 valence electrons. The van der Waals surface area contributed by atoms with Gasteiger partial charge in [-0.1, -0.05) is 11.6 Å². The van der Waals surface area contributed by atoms with Crippen LogP contribution >= 0.6 is 23.2 Å². The Labute approximate surface area is 169 Å². The number of imidazole rings is 1. The minimum Gasteiger partial charge on any atom is -0.308 e. The van der Waals surface area contributed by atoms with Crippen LogP contribution in [0.4, 0.5) is 19.0 Å². The van der Waals surface area contributed by atoms with Crippen molar-refractivity contribution in [1.82, 2.24) is 23.7 Å². The van der Waals surface area contributed by atoms with Gasteiger partial charge in [0.2, 0.25) is 11.2 Å². The van der Waals surface area contributed by atoms with Crippen LogP contribution in [0.25, 0.3) is 11.2 Å². The Kier molecular flexibility index (Phi) is 5.17. The van der Waals surface area contributed by atoms with E-state index in [-0.39, 0.29) is 22.3 Å². The number of fused-ring (bicyclic) bond motifs is 1. The van der Waals surface area contributed by atoms with Crippen molar-refractivity contribution in [2.24, 2.45) is 14.1 Å². The number of alkyl halides is 3. The number of nitrogens with one attached hydrogen (secondary N) is 1. The zero-order valence-electron chi connectivity index (χ0n) is 14.7. The van der Waals surface area contributed by atoms with Gasteiger partial charge >= 0.3 is 11.9 Å². The molecule has 0 aliphatic rings. The van der Waals surface area contributed by atoms with Crippen molar-refractivity contribution in [3.63, 3.8) is 0 Å². The van der Waals surface area contributed by atoms with Crippen molar-refractivity contribution in [3.05, 3.63) is 49.0 Å². The molecule has 1 amide bonds. The zero-order valence-corrected chi connectivity index (χ0v) is 16.2. The van der Waals surface area contributed by atoms with Crippen molar-refractivity contribution in [2.45, 2.75) is 12.7 Å². The second kappa shape index (κ2) is 7.19. The maximum Gasteiger partial charge on any atom is 0.417 e. The predicted molar refractivity (Wildman–Crippen MR) is 98.1 cm³/mol. The molecule has 0 radical (unpaired) electrons. The summed E-state index contributed by atoms with van der Waals surface area (Å²) in [7, 11) is 2.63. The molecule has 0 aromatic carbocycles. The highest BCUT2D eigenvalue weighted by Gasteiger charge is 2.31. The molecule has 0 unspecified atom stereocenters. The molecule has 1 N–H and O–H groups in total. The first-order valence-corrected chi connectivity index (χ1v) is 8.51. The monoisotopic (exact) mass is 450 g/mol. The van der Waals surface area contributed by atoms with Gasteiger partial charge in [-0.25, -0.2) is 9.78 Å². The molecule has 3 heterocycles. The van der Waals surface area contributed by atoms with E-state index in [1.54, 1.807) is 0 Å².